The van der Waals surface area contributed by atoms with Crippen LogP contribution in [0.15, 0.2) is 60.7 Å². The smallest absolute Gasteiger partial charge is 0.384 e. The Bertz CT molecular complexity index is 542. The Balaban J connectivity index is 2.19. The zero-order valence-electron chi connectivity index (χ0n) is 11.2. The van der Waals surface area contributed by atoms with Crippen LogP contribution in [-0.2, 0) is 0 Å². The molecule has 112 valence electrons. The maximum atomic E-state index is 12.6. The molecule has 2 nitrogen and oxygen atoms in total. The van der Waals surface area contributed by atoms with E-state index < -0.39 is 24.7 Å². The fourth-order valence-electron chi connectivity index (χ4n) is 2.06. The van der Waals surface area contributed by atoms with Crippen LogP contribution < -0.4 is 5.32 Å². The van der Waals surface area contributed by atoms with E-state index in [4.69, 9.17) is 0 Å². The van der Waals surface area contributed by atoms with Crippen molar-refractivity contribution in [3.63, 3.8) is 0 Å². The maximum absolute atomic E-state index is 12.6. The average molecular weight is 295 g/mol. The lowest BCUT2D eigenvalue weighted by Gasteiger charge is -2.24. The molecule has 0 saturated heterocycles. The summed E-state index contributed by atoms with van der Waals surface area (Å²) in [4.78, 5) is 0. The molecule has 0 spiro atoms. The van der Waals surface area contributed by atoms with Crippen LogP contribution in [0.2, 0.25) is 0 Å². The van der Waals surface area contributed by atoms with Gasteiger partial charge in [-0.3, -0.25) is 0 Å². The molecular weight excluding hydrogens is 279 g/mol. The SMILES string of the molecule is O[C@@H](C[C@@H](Nc1ccccc1)c1ccccc1)C(F)(F)F. The zero-order valence-corrected chi connectivity index (χ0v) is 11.2. The first-order valence-electron chi connectivity index (χ1n) is 6.58. The molecule has 5 heteroatoms. The minimum atomic E-state index is -4.62. The van der Waals surface area contributed by atoms with Crippen molar-refractivity contribution in [2.75, 3.05) is 5.32 Å². The molecule has 21 heavy (non-hydrogen) atoms. The lowest BCUT2D eigenvalue weighted by Crippen LogP contribution is -2.31. The Morgan fingerprint density at radius 2 is 1.43 bits per heavy atom. The number of para-hydroxylation sites is 1. The third-order valence-corrected chi connectivity index (χ3v) is 3.15. The summed E-state index contributed by atoms with van der Waals surface area (Å²) in [6.07, 6.45) is -7.42. The van der Waals surface area contributed by atoms with E-state index in [1.807, 2.05) is 6.07 Å². The van der Waals surface area contributed by atoms with E-state index >= 15 is 0 Å². The fraction of sp³-hybridized carbons (Fsp3) is 0.250. The Morgan fingerprint density at radius 1 is 0.905 bits per heavy atom. The molecule has 0 aromatic heterocycles. The number of hydrogen-bond acceptors (Lipinski definition) is 2. The van der Waals surface area contributed by atoms with Crippen molar-refractivity contribution >= 4 is 5.69 Å². The molecule has 0 aliphatic heterocycles. The van der Waals surface area contributed by atoms with Gasteiger partial charge in [-0.05, 0) is 17.7 Å². The molecule has 0 unspecified atom stereocenters. The molecule has 2 N–H and O–H groups in total. The summed E-state index contributed by atoms with van der Waals surface area (Å²) in [5.74, 6) is 0. The molecule has 2 rings (SSSR count). The predicted octanol–water partition coefficient (Wildman–Crippen LogP) is 4.15. The van der Waals surface area contributed by atoms with Crippen molar-refractivity contribution in [1.82, 2.24) is 0 Å². The van der Waals surface area contributed by atoms with E-state index in [0.29, 0.717) is 11.3 Å². The van der Waals surface area contributed by atoms with Gasteiger partial charge < -0.3 is 10.4 Å². The lowest BCUT2D eigenvalue weighted by atomic mass is 10.00. The Kier molecular flexibility index (Phi) is 4.85. The van der Waals surface area contributed by atoms with Crippen LogP contribution in [0.25, 0.3) is 0 Å². The lowest BCUT2D eigenvalue weighted by molar-refractivity contribution is -0.206. The summed E-state index contributed by atoms with van der Waals surface area (Å²) in [6, 6.07) is 17.1. The highest BCUT2D eigenvalue weighted by Crippen LogP contribution is 2.30. The quantitative estimate of drug-likeness (QED) is 0.868. The minimum Gasteiger partial charge on any atom is -0.384 e. The first kappa shape index (κ1) is 15.4. The van der Waals surface area contributed by atoms with Crippen molar-refractivity contribution in [2.24, 2.45) is 0 Å². The number of rotatable bonds is 5. The van der Waals surface area contributed by atoms with Crippen LogP contribution >= 0.6 is 0 Å². The Morgan fingerprint density at radius 3 is 1.95 bits per heavy atom. The maximum Gasteiger partial charge on any atom is 0.414 e. The van der Waals surface area contributed by atoms with Gasteiger partial charge in [0.05, 0.1) is 6.04 Å². The highest BCUT2D eigenvalue weighted by atomic mass is 19.4. The van der Waals surface area contributed by atoms with E-state index in [9.17, 15) is 18.3 Å². The second-order valence-electron chi connectivity index (χ2n) is 4.77. The highest BCUT2D eigenvalue weighted by Gasteiger charge is 2.39. The van der Waals surface area contributed by atoms with Gasteiger partial charge in [0.25, 0.3) is 0 Å². The largest absolute Gasteiger partial charge is 0.414 e. The molecule has 0 aliphatic rings. The molecule has 2 aromatic carbocycles. The van der Waals surface area contributed by atoms with E-state index in [1.165, 1.54) is 0 Å². The Hall–Kier alpha value is -2.01. The van der Waals surface area contributed by atoms with Crippen LogP contribution in [0, 0.1) is 0 Å². The van der Waals surface area contributed by atoms with Gasteiger partial charge in [-0.2, -0.15) is 13.2 Å². The van der Waals surface area contributed by atoms with Crippen LogP contribution in [0.5, 0.6) is 0 Å². The number of benzene rings is 2. The van der Waals surface area contributed by atoms with Crippen molar-refractivity contribution in [3.05, 3.63) is 66.2 Å². The molecule has 0 saturated carbocycles. The molecule has 2 aromatic rings. The summed E-state index contributed by atoms with van der Waals surface area (Å²) in [5, 5.41) is 12.4. The number of aliphatic hydroxyl groups is 1. The summed E-state index contributed by atoms with van der Waals surface area (Å²) in [5.41, 5.74) is 1.41. The van der Waals surface area contributed by atoms with Crippen LogP contribution in [0.1, 0.15) is 18.0 Å². The van der Waals surface area contributed by atoms with Crippen LogP contribution in [-0.4, -0.2) is 17.4 Å². The summed E-state index contributed by atoms with van der Waals surface area (Å²) < 4.78 is 37.8. The third kappa shape index (κ3) is 4.49. The van der Waals surface area contributed by atoms with Gasteiger partial charge in [0.15, 0.2) is 6.10 Å². The van der Waals surface area contributed by atoms with E-state index in [-0.39, 0.29) is 0 Å². The standard InChI is InChI=1S/C16H16F3NO/c17-16(18,19)15(21)11-14(12-7-3-1-4-8-12)20-13-9-5-2-6-10-13/h1-10,14-15,20-21H,11H2/t14-,15+/m1/s1. The van der Waals surface area contributed by atoms with Gasteiger partial charge in [-0.15, -0.1) is 0 Å². The first-order valence-corrected chi connectivity index (χ1v) is 6.58. The first-order chi connectivity index (χ1) is 9.97. The molecule has 0 heterocycles. The number of alkyl halides is 3. The van der Waals surface area contributed by atoms with Crippen molar-refractivity contribution in [3.8, 4) is 0 Å². The number of halogens is 3. The van der Waals surface area contributed by atoms with Gasteiger partial charge in [0.1, 0.15) is 0 Å². The van der Waals surface area contributed by atoms with Gasteiger partial charge in [0, 0.05) is 12.1 Å². The number of hydrogen-bond donors (Lipinski definition) is 2. The summed E-state index contributed by atoms with van der Waals surface area (Å²) >= 11 is 0. The number of nitrogens with one attached hydrogen (secondary N) is 1. The van der Waals surface area contributed by atoms with E-state index in [0.717, 1.165) is 0 Å². The van der Waals surface area contributed by atoms with Crippen molar-refractivity contribution in [1.29, 1.82) is 0 Å². The second kappa shape index (κ2) is 6.63. The highest BCUT2D eigenvalue weighted by molar-refractivity contribution is 5.45. The van der Waals surface area contributed by atoms with Gasteiger partial charge >= 0.3 is 6.18 Å². The average Bonchev–Trinajstić information content (AvgIpc) is 2.47. The molecule has 0 aliphatic carbocycles. The van der Waals surface area contributed by atoms with E-state index in [1.54, 1.807) is 54.6 Å². The van der Waals surface area contributed by atoms with Crippen molar-refractivity contribution in [2.45, 2.75) is 24.7 Å². The monoisotopic (exact) mass is 295 g/mol. The third-order valence-electron chi connectivity index (χ3n) is 3.15. The molecule has 0 fully saturated rings. The van der Waals surface area contributed by atoms with Gasteiger partial charge in [-0.1, -0.05) is 48.5 Å². The summed E-state index contributed by atoms with van der Waals surface area (Å²) in [6.45, 7) is 0. The number of aliphatic hydroxyl groups excluding tert-OH is 1. The Labute approximate surface area is 121 Å². The number of anilines is 1. The van der Waals surface area contributed by atoms with E-state index in [2.05, 4.69) is 5.32 Å². The van der Waals surface area contributed by atoms with Gasteiger partial charge in [0.2, 0.25) is 0 Å². The molecular formula is C16H16F3NO. The van der Waals surface area contributed by atoms with Crippen LogP contribution in [0.3, 0.4) is 0 Å². The second-order valence-corrected chi connectivity index (χ2v) is 4.77. The summed E-state index contributed by atoms with van der Waals surface area (Å²) in [7, 11) is 0. The fourth-order valence-corrected chi connectivity index (χ4v) is 2.06. The minimum absolute atomic E-state index is 0.442. The van der Waals surface area contributed by atoms with Crippen LogP contribution in [0.4, 0.5) is 18.9 Å². The molecule has 0 amide bonds. The van der Waals surface area contributed by atoms with Crippen molar-refractivity contribution < 1.29 is 18.3 Å². The zero-order chi connectivity index (χ0) is 15.3. The molecule has 2 atom stereocenters. The normalized spacial score (nSPS) is 14.5. The topological polar surface area (TPSA) is 32.3 Å². The molecule has 0 radical (unpaired) electrons. The predicted molar refractivity (Wildman–Crippen MR) is 75.9 cm³/mol. The molecule has 0 bridgehead atoms. The van der Waals surface area contributed by atoms with Gasteiger partial charge in [-0.25, -0.2) is 0 Å².